The Morgan fingerprint density at radius 2 is 2.16 bits per heavy atom. The first-order valence-corrected chi connectivity index (χ1v) is 6.09. The van der Waals surface area contributed by atoms with Gasteiger partial charge in [-0.3, -0.25) is 20.2 Å². The van der Waals surface area contributed by atoms with E-state index in [-0.39, 0.29) is 18.2 Å². The second-order valence-corrected chi connectivity index (χ2v) is 4.91. The van der Waals surface area contributed by atoms with E-state index in [0.29, 0.717) is 10.6 Å². The second-order valence-electron chi connectivity index (χ2n) is 4.47. The first-order chi connectivity index (χ1) is 8.82. The average molecular weight is 287 g/mol. The van der Waals surface area contributed by atoms with Crippen molar-refractivity contribution in [1.29, 1.82) is 0 Å². The molecule has 0 aromatic heterocycles. The zero-order valence-corrected chi connectivity index (χ0v) is 11.3. The molecule has 0 amide bonds. The van der Waals surface area contributed by atoms with Crippen molar-refractivity contribution in [3.05, 3.63) is 38.9 Å². The lowest BCUT2D eigenvalue weighted by Crippen LogP contribution is -2.40. The molecule has 0 aliphatic rings. The second kappa shape index (κ2) is 6.49. The van der Waals surface area contributed by atoms with Gasteiger partial charge in [0.15, 0.2) is 0 Å². The molecule has 104 valence electrons. The van der Waals surface area contributed by atoms with Gasteiger partial charge in [0.1, 0.15) is 6.04 Å². The first kappa shape index (κ1) is 15.4. The van der Waals surface area contributed by atoms with Crippen LogP contribution >= 0.6 is 11.6 Å². The summed E-state index contributed by atoms with van der Waals surface area (Å²) in [7, 11) is 0. The van der Waals surface area contributed by atoms with E-state index >= 15 is 0 Å². The fourth-order valence-electron chi connectivity index (χ4n) is 1.70. The Bertz CT molecular complexity index is 491. The van der Waals surface area contributed by atoms with E-state index in [1.165, 1.54) is 18.2 Å². The summed E-state index contributed by atoms with van der Waals surface area (Å²) >= 11 is 5.80. The van der Waals surface area contributed by atoms with Crippen molar-refractivity contribution in [2.75, 3.05) is 0 Å². The van der Waals surface area contributed by atoms with Crippen LogP contribution in [0.15, 0.2) is 18.2 Å². The standard InChI is InChI=1S/C12H15ClN2O4/c1-7(2)11(12(16)17)14-6-8-5-9(13)3-4-10(8)15(18)19/h3-5,7,11,14H,6H2,1-2H3,(H,16,17). The zero-order chi connectivity index (χ0) is 14.6. The molecule has 19 heavy (non-hydrogen) atoms. The number of carboxylic acid groups (broad SMARTS) is 1. The largest absolute Gasteiger partial charge is 0.480 e. The van der Waals surface area contributed by atoms with Crippen LogP contribution in [0.25, 0.3) is 0 Å². The lowest BCUT2D eigenvalue weighted by molar-refractivity contribution is -0.385. The van der Waals surface area contributed by atoms with Crippen LogP contribution in [-0.4, -0.2) is 22.0 Å². The lowest BCUT2D eigenvalue weighted by Gasteiger charge is -2.17. The van der Waals surface area contributed by atoms with Gasteiger partial charge in [-0.05, 0) is 18.1 Å². The van der Waals surface area contributed by atoms with E-state index in [4.69, 9.17) is 16.7 Å². The fourth-order valence-corrected chi connectivity index (χ4v) is 1.90. The maximum Gasteiger partial charge on any atom is 0.320 e. The summed E-state index contributed by atoms with van der Waals surface area (Å²) in [5.41, 5.74) is 0.286. The molecule has 7 heteroatoms. The Morgan fingerprint density at radius 3 is 2.63 bits per heavy atom. The molecule has 1 atom stereocenters. The molecule has 0 fully saturated rings. The van der Waals surface area contributed by atoms with Crippen LogP contribution in [-0.2, 0) is 11.3 Å². The third-order valence-electron chi connectivity index (χ3n) is 2.68. The summed E-state index contributed by atoms with van der Waals surface area (Å²) in [5.74, 6) is -1.12. The predicted octanol–water partition coefficient (Wildman–Crippen LogP) is 2.45. The quantitative estimate of drug-likeness (QED) is 0.619. The van der Waals surface area contributed by atoms with Crippen LogP contribution in [0.4, 0.5) is 5.69 Å². The number of halogens is 1. The van der Waals surface area contributed by atoms with Gasteiger partial charge in [0.2, 0.25) is 0 Å². The first-order valence-electron chi connectivity index (χ1n) is 5.72. The van der Waals surface area contributed by atoms with E-state index in [2.05, 4.69) is 5.32 Å². The molecule has 1 aromatic carbocycles. The van der Waals surface area contributed by atoms with E-state index in [0.717, 1.165) is 0 Å². The molecule has 0 aliphatic carbocycles. The summed E-state index contributed by atoms with van der Waals surface area (Å²) in [5, 5.41) is 23.1. The molecular weight excluding hydrogens is 272 g/mol. The highest BCUT2D eigenvalue weighted by atomic mass is 35.5. The van der Waals surface area contributed by atoms with Gasteiger partial charge in [0, 0.05) is 23.2 Å². The van der Waals surface area contributed by atoms with Gasteiger partial charge in [-0.25, -0.2) is 0 Å². The molecule has 6 nitrogen and oxygen atoms in total. The highest BCUT2D eigenvalue weighted by molar-refractivity contribution is 6.30. The molecule has 0 aliphatic heterocycles. The van der Waals surface area contributed by atoms with E-state index in [9.17, 15) is 14.9 Å². The van der Waals surface area contributed by atoms with Crippen LogP contribution in [0, 0.1) is 16.0 Å². The van der Waals surface area contributed by atoms with Crippen LogP contribution in [0.3, 0.4) is 0 Å². The minimum absolute atomic E-state index is 0.0754. The minimum Gasteiger partial charge on any atom is -0.480 e. The molecule has 0 spiro atoms. The number of carbonyl (C=O) groups is 1. The molecule has 0 saturated heterocycles. The number of nitrogens with zero attached hydrogens (tertiary/aromatic N) is 1. The van der Waals surface area contributed by atoms with Gasteiger partial charge in [0.05, 0.1) is 4.92 Å². The summed E-state index contributed by atoms with van der Waals surface area (Å²) in [4.78, 5) is 21.4. The van der Waals surface area contributed by atoms with Crippen LogP contribution in [0.2, 0.25) is 5.02 Å². The molecule has 1 unspecified atom stereocenters. The predicted molar refractivity (Wildman–Crippen MR) is 71.2 cm³/mol. The molecule has 0 bridgehead atoms. The van der Waals surface area contributed by atoms with Crippen LogP contribution in [0.5, 0.6) is 0 Å². The fraction of sp³-hybridized carbons (Fsp3) is 0.417. The van der Waals surface area contributed by atoms with Crippen molar-refractivity contribution in [3.8, 4) is 0 Å². The maximum atomic E-state index is 11.0. The number of hydrogen-bond acceptors (Lipinski definition) is 4. The minimum atomic E-state index is -0.986. The Balaban J connectivity index is 2.90. The monoisotopic (exact) mass is 286 g/mol. The van der Waals surface area contributed by atoms with E-state index in [1.807, 2.05) is 0 Å². The SMILES string of the molecule is CC(C)C(NCc1cc(Cl)ccc1[N+](=O)[O-])C(=O)O. The smallest absolute Gasteiger partial charge is 0.320 e. The van der Waals surface area contributed by atoms with Gasteiger partial charge >= 0.3 is 5.97 Å². The van der Waals surface area contributed by atoms with Gasteiger partial charge in [-0.15, -0.1) is 0 Å². The lowest BCUT2D eigenvalue weighted by atomic mass is 10.0. The number of benzene rings is 1. The highest BCUT2D eigenvalue weighted by Crippen LogP contribution is 2.22. The summed E-state index contributed by atoms with van der Waals surface area (Å²) in [6.07, 6.45) is 0. The number of nitro benzene ring substituents is 1. The van der Waals surface area contributed by atoms with Crippen molar-refractivity contribution >= 4 is 23.3 Å². The third kappa shape index (κ3) is 4.18. The van der Waals surface area contributed by atoms with E-state index in [1.54, 1.807) is 13.8 Å². The van der Waals surface area contributed by atoms with E-state index < -0.39 is 16.9 Å². The Kier molecular flexibility index (Phi) is 5.26. The van der Waals surface area contributed by atoms with Gasteiger partial charge in [-0.2, -0.15) is 0 Å². The van der Waals surface area contributed by atoms with Gasteiger partial charge < -0.3 is 5.11 Å². The number of nitro groups is 1. The Hall–Kier alpha value is -1.66. The van der Waals surface area contributed by atoms with Crippen molar-refractivity contribution in [2.24, 2.45) is 5.92 Å². The normalized spacial score (nSPS) is 12.4. The molecule has 0 heterocycles. The van der Waals surface area contributed by atoms with Gasteiger partial charge in [0.25, 0.3) is 5.69 Å². The van der Waals surface area contributed by atoms with Crippen molar-refractivity contribution in [1.82, 2.24) is 5.32 Å². The van der Waals surface area contributed by atoms with Crippen LogP contribution in [0.1, 0.15) is 19.4 Å². The Morgan fingerprint density at radius 1 is 1.53 bits per heavy atom. The topological polar surface area (TPSA) is 92.5 Å². The average Bonchev–Trinajstić information content (AvgIpc) is 2.27. The summed E-state index contributed by atoms with van der Waals surface area (Å²) in [6, 6.07) is 3.44. The number of nitrogens with one attached hydrogen (secondary N) is 1. The molecular formula is C12H15ClN2O4. The van der Waals surface area contributed by atoms with Crippen molar-refractivity contribution in [3.63, 3.8) is 0 Å². The van der Waals surface area contributed by atoms with Crippen molar-refractivity contribution < 1.29 is 14.8 Å². The number of aliphatic carboxylic acids is 1. The number of rotatable bonds is 6. The molecule has 1 rings (SSSR count). The van der Waals surface area contributed by atoms with Crippen molar-refractivity contribution in [2.45, 2.75) is 26.4 Å². The number of carboxylic acids is 1. The maximum absolute atomic E-state index is 11.0. The molecule has 2 N–H and O–H groups in total. The molecule has 0 radical (unpaired) electrons. The highest BCUT2D eigenvalue weighted by Gasteiger charge is 2.22. The molecule has 1 aromatic rings. The summed E-state index contributed by atoms with van der Waals surface area (Å²) in [6.45, 7) is 3.60. The Labute approximate surface area is 115 Å². The number of hydrogen-bond donors (Lipinski definition) is 2. The zero-order valence-electron chi connectivity index (χ0n) is 10.6. The van der Waals surface area contributed by atoms with Gasteiger partial charge in [-0.1, -0.05) is 25.4 Å². The summed E-state index contributed by atoms with van der Waals surface area (Å²) < 4.78 is 0. The molecule has 0 saturated carbocycles. The van der Waals surface area contributed by atoms with Crippen LogP contribution < -0.4 is 5.32 Å². The third-order valence-corrected chi connectivity index (χ3v) is 2.92.